The highest BCUT2D eigenvalue weighted by Gasteiger charge is 2.09. The average Bonchev–Trinajstić information content (AvgIpc) is 3.01. The van der Waals surface area contributed by atoms with E-state index >= 15 is 0 Å². The van der Waals surface area contributed by atoms with Crippen LogP contribution in [-0.2, 0) is 11.4 Å². The molecule has 3 N–H and O–H groups in total. The van der Waals surface area contributed by atoms with Crippen molar-refractivity contribution in [1.29, 1.82) is 0 Å². The Morgan fingerprint density at radius 1 is 1.29 bits per heavy atom. The van der Waals surface area contributed by atoms with Crippen LogP contribution in [0.5, 0.6) is 0 Å². The molecule has 0 fully saturated rings. The van der Waals surface area contributed by atoms with Crippen LogP contribution in [0.4, 0.5) is 5.69 Å². The number of nitrogens with one attached hydrogen (secondary N) is 2. The molecule has 0 unspecified atom stereocenters. The first-order valence-corrected chi connectivity index (χ1v) is 8.35. The van der Waals surface area contributed by atoms with Gasteiger partial charge in [-0.15, -0.1) is 0 Å². The molecule has 0 spiro atoms. The molecule has 0 saturated carbocycles. The van der Waals surface area contributed by atoms with Crippen LogP contribution in [0, 0.1) is 6.92 Å². The number of aryl methyl sites for hydroxylation is 1. The number of rotatable bonds is 6. The van der Waals surface area contributed by atoms with Gasteiger partial charge in [0.2, 0.25) is 5.91 Å². The van der Waals surface area contributed by atoms with Gasteiger partial charge in [-0.25, -0.2) is 0 Å². The van der Waals surface area contributed by atoms with Crippen molar-refractivity contribution in [3.8, 4) is 11.3 Å². The molecule has 0 atom stereocenters. The predicted molar refractivity (Wildman–Crippen MR) is 98.7 cm³/mol. The van der Waals surface area contributed by atoms with E-state index in [1.54, 1.807) is 6.07 Å². The number of hydrogen-bond donors (Lipinski definition) is 3. The maximum atomic E-state index is 11.7. The molecule has 128 valence electrons. The second-order valence-electron chi connectivity index (χ2n) is 5.56. The molecule has 0 saturated heterocycles. The molecule has 0 bridgehead atoms. The van der Waals surface area contributed by atoms with Gasteiger partial charge in [0, 0.05) is 17.7 Å². The highest BCUT2D eigenvalue weighted by molar-refractivity contribution is 7.80. The smallest absolute Gasteiger partial charge is 0.226 e. The zero-order valence-corrected chi connectivity index (χ0v) is 14.7. The number of aliphatic hydroxyl groups excluding tert-OH is 1. The molecular formula is C18H22N2O3S. The van der Waals surface area contributed by atoms with Crippen LogP contribution in [0.1, 0.15) is 37.5 Å². The van der Waals surface area contributed by atoms with Gasteiger partial charge in [0.25, 0.3) is 0 Å². The zero-order chi connectivity index (χ0) is 17.5. The molecule has 1 heterocycles. The Balaban J connectivity index is 2.01. The molecule has 0 aliphatic heterocycles. The SMILES string of the molecule is CCCCC(=O)NC(=S)Nc1ccc(-c2ccc(CO)o2)c(C)c1. The van der Waals surface area contributed by atoms with E-state index in [2.05, 4.69) is 10.6 Å². The third-order valence-corrected chi connectivity index (χ3v) is 3.78. The van der Waals surface area contributed by atoms with Crippen LogP contribution in [0.3, 0.4) is 0 Å². The van der Waals surface area contributed by atoms with Crippen molar-refractivity contribution < 1.29 is 14.3 Å². The summed E-state index contributed by atoms with van der Waals surface area (Å²) in [5.74, 6) is 1.16. The maximum absolute atomic E-state index is 11.7. The van der Waals surface area contributed by atoms with E-state index in [1.165, 1.54) is 0 Å². The molecule has 1 aromatic carbocycles. The van der Waals surface area contributed by atoms with Crippen molar-refractivity contribution in [1.82, 2.24) is 5.32 Å². The number of anilines is 1. The number of aliphatic hydroxyl groups is 1. The van der Waals surface area contributed by atoms with E-state index in [1.807, 2.05) is 38.1 Å². The standard InChI is InChI=1S/C18H22N2O3S/c1-3-4-5-17(22)20-18(24)19-13-6-8-15(12(2)10-13)16-9-7-14(11-21)23-16/h6-10,21H,3-5,11H2,1-2H3,(H2,19,20,22,24). The van der Waals surface area contributed by atoms with Crippen LogP contribution in [-0.4, -0.2) is 16.1 Å². The number of benzene rings is 1. The van der Waals surface area contributed by atoms with E-state index in [-0.39, 0.29) is 12.5 Å². The van der Waals surface area contributed by atoms with Gasteiger partial charge in [0.15, 0.2) is 5.11 Å². The van der Waals surface area contributed by atoms with Crippen molar-refractivity contribution in [2.24, 2.45) is 0 Å². The summed E-state index contributed by atoms with van der Waals surface area (Å²) in [5, 5.41) is 15.1. The first-order chi connectivity index (χ1) is 11.5. The summed E-state index contributed by atoms with van der Waals surface area (Å²) in [7, 11) is 0. The maximum Gasteiger partial charge on any atom is 0.226 e. The van der Waals surface area contributed by atoms with Gasteiger partial charge in [-0.3, -0.25) is 4.79 Å². The molecule has 24 heavy (non-hydrogen) atoms. The van der Waals surface area contributed by atoms with Crippen molar-refractivity contribution in [3.05, 3.63) is 41.7 Å². The van der Waals surface area contributed by atoms with Crippen LogP contribution in [0.2, 0.25) is 0 Å². The number of amides is 1. The first-order valence-electron chi connectivity index (χ1n) is 7.95. The normalized spacial score (nSPS) is 10.5. The van der Waals surface area contributed by atoms with Gasteiger partial charge in [-0.1, -0.05) is 13.3 Å². The Labute approximate surface area is 147 Å². The van der Waals surface area contributed by atoms with Gasteiger partial charge in [-0.05, 0) is 61.5 Å². The van der Waals surface area contributed by atoms with Crippen LogP contribution in [0.25, 0.3) is 11.3 Å². The predicted octanol–water partition coefficient (Wildman–Crippen LogP) is 3.75. The summed E-state index contributed by atoms with van der Waals surface area (Å²) >= 11 is 5.16. The van der Waals surface area contributed by atoms with Crippen molar-refractivity contribution >= 4 is 28.9 Å². The lowest BCUT2D eigenvalue weighted by molar-refractivity contribution is -0.119. The number of thiocarbonyl (C=S) groups is 1. The summed E-state index contributed by atoms with van der Waals surface area (Å²) in [6.45, 7) is 3.88. The summed E-state index contributed by atoms with van der Waals surface area (Å²) in [4.78, 5) is 11.7. The topological polar surface area (TPSA) is 74.5 Å². The van der Waals surface area contributed by atoms with E-state index < -0.39 is 0 Å². The minimum atomic E-state index is -0.120. The fourth-order valence-electron chi connectivity index (χ4n) is 2.31. The minimum Gasteiger partial charge on any atom is -0.459 e. The number of furan rings is 1. The van der Waals surface area contributed by atoms with Crippen LogP contribution < -0.4 is 10.6 Å². The van der Waals surface area contributed by atoms with E-state index in [9.17, 15) is 4.79 Å². The molecular weight excluding hydrogens is 324 g/mol. The Kier molecular flexibility index (Phi) is 6.52. The second kappa shape index (κ2) is 8.61. The summed E-state index contributed by atoms with van der Waals surface area (Å²) in [6.07, 6.45) is 2.29. The van der Waals surface area contributed by atoms with Gasteiger partial charge < -0.3 is 20.2 Å². The fraction of sp³-hybridized carbons (Fsp3) is 0.333. The van der Waals surface area contributed by atoms with Gasteiger partial charge in [-0.2, -0.15) is 0 Å². The van der Waals surface area contributed by atoms with Crippen LogP contribution in [0.15, 0.2) is 34.7 Å². The Morgan fingerprint density at radius 3 is 2.71 bits per heavy atom. The molecule has 0 radical (unpaired) electrons. The molecule has 6 heteroatoms. The lowest BCUT2D eigenvalue weighted by Gasteiger charge is -2.11. The van der Waals surface area contributed by atoms with Crippen molar-refractivity contribution in [2.75, 3.05) is 5.32 Å². The fourth-order valence-corrected chi connectivity index (χ4v) is 2.55. The van der Waals surface area contributed by atoms with Gasteiger partial charge in [0.1, 0.15) is 18.1 Å². The third-order valence-electron chi connectivity index (χ3n) is 3.58. The van der Waals surface area contributed by atoms with Gasteiger partial charge >= 0.3 is 0 Å². The first kappa shape index (κ1) is 18.2. The monoisotopic (exact) mass is 346 g/mol. The minimum absolute atomic E-state index is 0.0742. The molecule has 0 aliphatic rings. The number of hydrogen-bond acceptors (Lipinski definition) is 4. The number of unbranched alkanes of at least 4 members (excludes halogenated alkanes) is 1. The molecule has 0 aliphatic carbocycles. The lowest BCUT2D eigenvalue weighted by Crippen LogP contribution is -2.33. The molecule has 2 rings (SSSR count). The highest BCUT2D eigenvalue weighted by Crippen LogP contribution is 2.27. The average molecular weight is 346 g/mol. The third kappa shape index (κ3) is 4.91. The van der Waals surface area contributed by atoms with E-state index in [0.717, 1.165) is 29.7 Å². The number of carbonyl (C=O) groups is 1. The second-order valence-corrected chi connectivity index (χ2v) is 5.97. The number of carbonyl (C=O) groups excluding carboxylic acids is 1. The molecule has 2 aromatic rings. The largest absolute Gasteiger partial charge is 0.459 e. The van der Waals surface area contributed by atoms with E-state index in [4.69, 9.17) is 21.7 Å². The molecule has 1 aromatic heterocycles. The Morgan fingerprint density at radius 2 is 2.08 bits per heavy atom. The summed E-state index contributed by atoms with van der Waals surface area (Å²) < 4.78 is 5.56. The highest BCUT2D eigenvalue weighted by atomic mass is 32.1. The molecule has 5 nitrogen and oxygen atoms in total. The van der Waals surface area contributed by atoms with Crippen LogP contribution >= 0.6 is 12.2 Å². The van der Waals surface area contributed by atoms with E-state index in [0.29, 0.717) is 23.1 Å². The quantitative estimate of drug-likeness (QED) is 0.695. The Hall–Kier alpha value is -2.18. The summed E-state index contributed by atoms with van der Waals surface area (Å²) in [5.41, 5.74) is 2.74. The Bertz CT molecular complexity index is 725. The summed E-state index contributed by atoms with van der Waals surface area (Å²) in [6, 6.07) is 9.30. The van der Waals surface area contributed by atoms with Crippen molar-refractivity contribution in [3.63, 3.8) is 0 Å². The van der Waals surface area contributed by atoms with Gasteiger partial charge in [0.05, 0.1) is 0 Å². The van der Waals surface area contributed by atoms with Crippen molar-refractivity contribution in [2.45, 2.75) is 39.7 Å². The zero-order valence-electron chi connectivity index (χ0n) is 13.9. The molecule has 1 amide bonds. The lowest BCUT2D eigenvalue weighted by atomic mass is 10.1.